The minimum atomic E-state index is -0.458. The van der Waals surface area contributed by atoms with E-state index in [1.165, 1.54) is 4.90 Å². The van der Waals surface area contributed by atoms with Crippen LogP contribution in [0.5, 0.6) is 0 Å². The predicted octanol–water partition coefficient (Wildman–Crippen LogP) is 1.86. The van der Waals surface area contributed by atoms with Crippen LogP contribution in [0.15, 0.2) is 28.7 Å². The topological polar surface area (TPSA) is 70.2 Å². The van der Waals surface area contributed by atoms with Crippen molar-refractivity contribution >= 4 is 39.5 Å². The van der Waals surface area contributed by atoms with Gasteiger partial charge in [0.25, 0.3) is 5.91 Å². The van der Waals surface area contributed by atoms with Crippen molar-refractivity contribution in [2.45, 2.75) is 19.4 Å². The number of rotatable bonds is 3. The van der Waals surface area contributed by atoms with Crippen LogP contribution in [0.4, 0.5) is 10.5 Å². The van der Waals surface area contributed by atoms with E-state index >= 15 is 0 Å². The normalized spacial score (nSPS) is 21.8. The number of ether oxygens (including phenoxy) is 1. The Kier molecular flexibility index (Phi) is 5.39. The van der Waals surface area contributed by atoms with E-state index in [2.05, 4.69) is 15.9 Å². The molecule has 0 bridgehead atoms. The second-order valence-electron chi connectivity index (χ2n) is 5.99. The highest BCUT2D eigenvalue weighted by atomic mass is 79.9. The molecule has 2 heterocycles. The van der Waals surface area contributed by atoms with Crippen LogP contribution in [0.1, 0.15) is 13.3 Å². The number of benzene rings is 1. The monoisotopic (exact) mass is 409 g/mol. The molecule has 2 aliphatic heterocycles. The lowest BCUT2D eigenvalue weighted by Gasteiger charge is -2.36. The summed E-state index contributed by atoms with van der Waals surface area (Å²) in [5.41, 5.74) is 0.589. The smallest absolute Gasteiger partial charge is 0.409 e. The molecule has 8 heteroatoms. The lowest BCUT2D eigenvalue weighted by Crippen LogP contribution is -2.54. The van der Waals surface area contributed by atoms with Gasteiger partial charge in [-0.3, -0.25) is 14.5 Å². The molecule has 134 valence electrons. The Balaban J connectivity index is 1.65. The first-order chi connectivity index (χ1) is 12.0. The molecular formula is C17H20BrN3O4. The maximum absolute atomic E-state index is 12.8. The van der Waals surface area contributed by atoms with E-state index in [0.29, 0.717) is 38.5 Å². The molecule has 2 fully saturated rings. The van der Waals surface area contributed by atoms with Crippen LogP contribution in [-0.4, -0.2) is 66.5 Å². The third-order valence-electron chi connectivity index (χ3n) is 4.49. The molecule has 2 saturated heterocycles. The van der Waals surface area contributed by atoms with Crippen molar-refractivity contribution in [3.8, 4) is 0 Å². The average molecular weight is 410 g/mol. The van der Waals surface area contributed by atoms with E-state index in [1.54, 1.807) is 36.1 Å². The van der Waals surface area contributed by atoms with Crippen molar-refractivity contribution in [3.63, 3.8) is 0 Å². The molecule has 1 atom stereocenters. The molecule has 0 saturated carbocycles. The fourth-order valence-corrected chi connectivity index (χ4v) is 3.46. The van der Waals surface area contributed by atoms with Gasteiger partial charge in [0.15, 0.2) is 0 Å². The van der Waals surface area contributed by atoms with Crippen LogP contribution in [0.2, 0.25) is 0 Å². The molecule has 3 rings (SSSR count). The molecule has 7 nitrogen and oxygen atoms in total. The first kappa shape index (κ1) is 17.9. The summed E-state index contributed by atoms with van der Waals surface area (Å²) in [6, 6.07) is 6.66. The van der Waals surface area contributed by atoms with Crippen molar-refractivity contribution in [2.75, 3.05) is 37.7 Å². The summed E-state index contributed by atoms with van der Waals surface area (Å²) in [7, 11) is 0. The van der Waals surface area contributed by atoms with Crippen molar-refractivity contribution in [1.82, 2.24) is 9.80 Å². The van der Waals surface area contributed by atoms with E-state index in [4.69, 9.17) is 4.74 Å². The summed E-state index contributed by atoms with van der Waals surface area (Å²) in [4.78, 5) is 41.8. The number of anilines is 1. The molecule has 0 N–H and O–H groups in total. The predicted molar refractivity (Wildman–Crippen MR) is 95.2 cm³/mol. The summed E-state index contributed by atoms with van der Waals surface area (Å²) < 4.78 is 5.89. The van der Waals surface area contributed by atoms with Crippen LogP contribution in [0, 0.1) is 0 Å². The van der Waals surface area contributed by atoms with Crippen LogP contribution >= 0.6 is 15.9 Å². The second-order valence-corrected chi connectivity index (χ2v) is 6.90. The van der Waals surface area contributed by atoms with Crippen LogP contribution in [-0.2, 0) is 14.3 Å². The van der Waals surface area contributed by atoms with Gasteiger partial charge in [0.1, 0.15) is 0 Å². The number of piperazine rings is 1. The van der Waals surface area contributed by atoms with Gasteiger partial charge in [-0.15, -0.1) is 0 Å². The largest absolute Gasteiger partial charge is 0.450 e. The fraction of sp³-hybridized carbons (Fsp3) is 0.471. The molecule has 1 unspecified atom stereocenters. The van der Waals surface area contributed by atoms with Gasteiger partial charge in [-0.25, -0.2) is 9.69 Å². The molecule has 0 aromatic heterocycles. The van der Waals surface area contributed by atoms with Gasteiger partial charge in [-0.2, -0.15) is 0 Å². The summed E-state index contributed by atoms with van der Waals surface area (Å²) >= 11 is 3.35. The number of nitrogens with zero attached hydrogens (tertiary/aromatic N) is 3. The highest BCUT2D eigenvalue weighted by Gasteiger charge is 2.43. The standard InChI is InChI=1S/C17H20BrN3O4/c1-2-25-17(24)20-9-7-19(8-10-20)14-11-15(22)21(16(14)23)13-5-3-12(18)4-6-13/h3-6,14H,2,7-11H2,1H3. The third-order valence-corrected chi connectivity index (χ3v) is 5.02. The number of imide groups is 1. The number of hydrogen-bond acceptors (Lipinski definition) is 5. The number of amides is 3. The van der Waals surface area contributed by atoms with E-state index in [9.17, 15) is 14.4 Å². The fourth-order valence-electron chi connectivity index (χ4n) is 3.19. The quantitative estimate of drug-likeness (QED) is 0.712. The lowest BCUT2D eigenvalue weighted by molar-refractivity contribution is -0.123. The third kappa shape index (κ3) is 3.69. The summed E-state index contributed by atoms with van der Waals surface area (Å²) in [5, 5.41) is 0. The summed E-state index contributed by atoms with van der Waals surface area (Å²) in [6.45, 7) is 4.21. The van der Waals surface area contributed by atoms with Gasteiger partial charge >= 0.3 is 6.09 Å². The summed E-state index contributed by atoms with van der Waals surface area (Å²) in [5.74, 6) is -0.387. The van der Waals surface area contributed by atoms with Gasteiger partial charge < -0.3 is 9.64 Å². The number of hydrogen-bond donors (Lipinski definition) is 0. The minimum Gasteiger partial charge on any atom is -0.450 e. The van der Waals surface area contributed by atoms with Gasteiger partial charge in [0, 0.05) is 30.7 Å². The average Bonchev–Trinajstić information content (AvgIpc) is 2.91. The Morgan fingerprint density at radius 3 is 2.40 bits per heavy atom. The van der Waals surface area contributed by atoms with Gasteiger partial charge in [0.2, 0.25) is 5.91 Å². The maximum atomic E-state index is 12.8. The van der Waals surface area contributed by atoms with E-state index in [-0.39, 0.29) is 24.3 Å². The Morgan fingerprint density at radius 1 is 1.16 bits per heavy atom. The first-order valence-corrected chi connectivity index (χ1v) is 9.08. The van der Waals surface area contributed by atoms with Crippen LogP contribution in [0.25, 0.3) is 0 Å². The molecule has 0 spiro atoms. The molecule has 3 amide bonds. The van der Waals surface area contributed by atoms with E-state index in [1.807, 2.05) is 4.90 Å². The van der Waals surface area contributed by atoms with Gasteiger partial charge in [0.05, 0.1) is 24.8 Å². The number of carbonyl (C=O) groups excluding carboxylic acids is 3. The minimum absolute atomic E-state index is 0.175. The van der Waals surface area contributed by atoms with Gasteiger partial charge in [-0.05, 0) is 31.2 Å². The van der Waals surface area contributed by atoms with Crippen LogP contribution < -0.4 is 4.90 Å². The molecule has 0 aliphatic carbocycles. The SMILES string of the molecule is CCOC(=O)N1CCN(C2CC(=O)N(c3ccc(Br)cc3)C2=O)CC1. The van der Waals surface area contributed by atoms with Crippen LogP contribution in [0.3, 0.4) is 0 Å². The zero-order valence-corrected chi connectivity index (χ0v) is 15.6. The van der Waals surface area contributed by atoms with Crippen molar-refractivity contribution in [3.05, 3.63) is 28.7 Å². The Hall–Kier alpha value is -1.93. The Labute approximate surface area is 154 Å². The lowest BCUT2D eigenvalue weighted by atomic mass is 10.2. The zero-order valence-electron chi connectivity index (χ0n) is 14.0. The maximum Gasteiger partial charge on any atom is 0.409 e. The first-order valence-electron chi connectivity index (χ1n) is 8.29. The highest BCUT2D eigenvalue weighted by Crippen LogP contribution is 2.27. The molecule has 2 aliphatic rings. The van der Waals surface area contributed by atoms with E-state index in [0.717, 1.165) is 4.47 Å². The number of carbonyl (C=O) groups is 3. The zero-order chi connectivity index (χ0) is 18.0. The molecule has 25 heavy (non-hydrogen) atoms. The second kappa shape index (κ2) is 7.53. The highest BCUT2D eigenvalue weighted by molar-refractivity contribution is 9.10. The van der Waals surface area contributed by atoms with Crippen molar-refractivity contribution < 1.29 is 19.1 Å². The molecule has 0 radical (unpaired) electrons. The van der Waals surface area contributed by atoms with E-state index < -0.39 is 6.04 Å². The number of halogens is 1. The molecular weight excluding hydrogens is 390 g/mol. The van der Waals surface area contributed by atoms with Gasteiger partial charge in [-0.1, -0.05) is 15.9 Å². The molecule has 1 aromatic rings. The van der Waals surface area contributed by atoms with Crippen molar-refractivity contribution in [2.24, 2.45) is 0 Å². The van der Waals surface area contributed by atoms with Crippen molar-refractivity contribution in [1.29, 1.82) is 0 Å². The Morgan fingerprint density at radius 2 is 1.80 bits per heavy atom. The summed E-state index contributed by atoms with van der Waals surface area (Å²) in [6.07, 6.45) is -0.152. The Bertz CT molecular complexity index is 671. The molecule has 1 aromatic carbocycles.